The molecule has 0 radical (unpaired) electrons. The molecule has 20 heavy (non-hydrogen) atoms. The molecule has 0 aliphatic rings. The van der Waals surface area contributed by atoms with E-state index in [1.165, 1.54) is 77.4 Å². The number of hydrogen-bond donors (Lipinski definition) is 0. The van der Waals surface area contributed by atoms with Gasteiger partial charge in [-0.15, -0.1) is 0 Å². The highest BCUT2D eigenvalue weighted by atomic mass is 15.1. The van der Waals surface area contributed by atoms with Crippen LogP contribution >= 0.6 is 0 Å². The van der Waals surface area contributed by atoms with Gasteiger partial charge in [0.15, 0.2) is 0 Å². The Bertz CT molecular complexity index is 172. The second-order valence-electron chi connectivity index (χ2n) is 6.59. The molecule has 0 aliphatic heterocycles. The highest BCUT2D eigenvalue weighted by Crippen LogP contribution is 2.19. The molecule has 0 N–H and O–H groups in total. The maximum Gasteiger partial charge on any atom is 0.000967 e. The van der Waals surface area contributed by atoms with Crippen LogP contribution in [0.2, 0.25) is 0 Å². The summed E-state index contributed by atoms with van der Waals surface area (Å²) in [6.07, 6.45) is 12.4. The average molecular weight is 284 g/mol. The van der Waals surface area contributed by atoms with Crippen molar-refractivity contribution in [2.45, 2.75) is 92.4 Å². The second-order valence-corrected chi connectivity index (χ2v) is 6.59. The van der Waals surface area contributed by atoms with E-state index >= 15 is 0 Å². The summed E-state index contributed by atoms with van der Waals surface area (Å²) in [6, 6.07) is 0. The van der Waals surface area contributed by atoms with Gasteiger partial charge in [-0.1, -0.05) is 73.1 Å². The Hall–Kier alpha value is -0.0400. The molecular formula is C19H41N. The molecule has 2 unspecified atom stereocenters. The fraction of sp³-hybridized carbons (Fsp3) is 1.00. The standard InChI is InChI=1S/C19H41N/c1-6-11-13-18(9-4)16-20(15-8-3)17-19(10-5)14-12-7-2/h18-19H,6-17H2,1-5H3. The number of unbranched alkanes of at least 4 members (excludes halogenated alkanes) is 2. The van der Waals surface area contributed by atoms with Crippen molar-refractivity contribution in [2.24, 2.45) is 11.8 Å². The fourth-order valence-corrected chi connectivity index (χ4v) is 3.14. The van der Waals surface area contributed by atoms with Crippen molar-refractivity contribution in [1.82, 2.24) is 4.90 Å². The SMILES string of the molecule is CCCCC(CC)CN(CCC)CC(CC)CCCC. The lowest BCUT2D eigenvalue weighted by Crippen LogP contribution is -2.34. The Morgan fingerprint density at radius 1 is 0.650 bits per heavy atom. The molecule has 0 aromatic heterocycles. The van der Waals surface area contributed by atoms with Crippen molar-refractivity contribution in [3.8, 4) is 0 Å². The van der Waals surface area contributed by atoms with Gasteiger partial charge in [0.1, 0.15) is 0 Å². The Kier molecular flexibility index (Phi) is 13.9. The van der Waals surface area contributed by atoms with Gasteiger partial charge in [-0.2, -0.15) is 0 Å². The van der Waals surface area contributed by atoms with Crippen LogP contribution in [0.15, 0.2) is 0 Å². The Balaban J connectivity index is 4.29. The summed E-state index contributed by atoms with van der Waals surface area (Å²) in [5.74, 6) is 1.84. The first-order valence-electron chi connectivity index (χ1n) is 9.43. The second kappa shape index (κ2) is 13.9. The summed E-state index contributed by atoms with van der Waals surface area (Å²) in [5, 5.41) is 0. The third-order valence-electron chi connectivity index (χ3n) is 4.66. The van der Waals surface area contributed by atoms with Crippen molar-refractivity contribution in [3.05, 3.63) is 0 Å². The molecule has 0 aromatic carbocycles. The summed E-state index contributed by atoms with van der Waals surface area (Å²) < 4.78 is 0. The van der Waals surface area contributed by atoms with E-state index < -0.39 is 0 Å². The fourth-order valence-electron chi connectivity index (χ4n) is 3.14. The summed E-state index contributed by atoms with van der Waals surface area (Å²) >= 11 is 0. The van der Waals surface area contributed by atoms with Crippen LogP contribution in [-0.4, -0.2) is 24.5 Å². The van der Waals surface area contributed by atoms with Crippen molar-refractivity contribution in [1.29, 1.82) is 0 Å². The summed E-state index contributed by atoms with van der Waals surface area (Å²) in [7, 11) is 0. The molecule has 0 saturated heterocycles. The van der Waals surface area contributed by atoms with Crippen LogP contribution in [0.1, 0.15) is 92.4 Å². The smallest absolute Gasteiger partial charge is 0.000967 e. The largest absolute Gasteiger partial charge is 0.303 e. The van der Waals surface area contributed by atoms with Gasteiger partial charge in [-0.25, -0.2) is 0 Å². The van der Waals surface area contributed by atoms with E-state index in [0.29, 0.717) is 0 Å². The minimum Gasteiger partial charge on any atom is -0.303 e. The molecule has 0 bridgehead atoms. The maximum atomic E-state index is 2.77. The minimum absolute atomic E-state index is 0.921. The first-order valence-corrected chi connectivity index (χ1v) is 9.43. The molecular weight excluding hydrogens is 242 g/mol. The normalized spacial score (nSPS) is 14.7. The van der Waals surface area contributed by atoms with Gasteiger partial charge in [-0.3, -0.25) is 0 Å². The lowest BCUT2D eigenvalue weighted by molar-refractivity contribution is 0.181. The van der Waals surface area contributed by atoms with E-state index in [1.54, 1.807) is 0 Å². The zero-order valence-corrected chi connectivity index (χ0v) is 15.1. The van der Waals surface area contributed by atoms with Gasteiger partial charge in [-0.05, 0) is 37.6 Å². The third kappa shape index (κ3) is 9.80. The summed E-state index contributed by atoms with van der Waals surface area (Å²) in [4.78, 5) is 2.77. The van der Waals surface area contributed by atoms with E-state index in [-0.39, 0.29) is 0 Å². The predicted molar refractivity (Wildman–Crippen MR) is 93.3 cm³/mol. The van der Waals surface area contributed by atoms with Crippen molar-refractivity contribution < 1.29 is 0 Å². The monoisotopic (exact) mass is 283 g/mol. The zero-order chi connectivity index (χ0) is 15.2. The number of hydrogen-bond acceptors (Lipinski definition) is 1. The molecule has 0 heterocycles. The van der Waals surface area contributed by atoms with E-state index in [1.807, 2.05) is 0 Å². The van der Waals surface area contributed by atoms with E-state index in [0.717, 1.165) is 11.8 Å². The van der Waals surface area contributed by atoms with E-state index in [9.17, 15) is 0 Å². The van der Waals surface area contributed by atoms with Gasteiger partial charge in [0.25, 0.3) is 0 Å². The molecule has 0 saturated carbocycles. The molecule has 0 spiro atoms. The van der Waals surface area contributed by atoms with Crippen LogP contribution < -0.4 is 0 Å². The zero-order valence-electron chi connectivity index (χ0n) is 15.1. The molecule has 1 nitrogen and oxygen atoms in total. The number of rotatable bonds is 14. The lowest BCUT2D eigenvalue weighted by atomic mass is 9.95. The van der Waals surface area contributed by atoms with Crippen LogP contribution in [-0.2, 0) is 0 Å². The molecule has 0 rings (SSSR count). The van der Waals surface area contributed by atoms with Crippen molar-refractivity contribution in [2.75, 3.05) is 19.6 Å². The first kappa shape index (κ1) is 20.0. The molecule has 0 amide bonds. The maximum absolute atomic E-state index is 2.77. The van der Waals surface area contributed by atoms with Gasteiger partial charge >= 0.3 is 0 Å². The first-order chi connectivity index (χ1) is 9.71. The molecule has 0 fully saturated rings. The van der Waals surface area contributed by atoms with Crippen molar-refractivity contribution in [3.63, 3.8) is 0 Å². The number of nitrogens with zero attached hydrogens (tertiary/aromatic N) is 1. The minimum atomic E-state index is 0.921. The summed E-state index contributed by atoms with van der Waals surface area (Å²) in [6.45, 7) is 15.7. The Morgan fingerprint density at radius 3 is 1.40 bits per heavy atom. The van der Waals surface area contributed by atoms with E-state index in [4.69, 9.17) is 0 Å². The lowest BCUT2D eigenvalue weighted by Gasteiger charge is -2.30. The Labute approximate surface area is 129 Å². The van der Waals surface area contributed by atoms with Crippen LogP contribution in [0.4, 0.5) is 0 Å². The molecule has 0 aliphatic carbocycles. The van der Waals surface area contributed by atoms with Gasteiger partial charge < -0.3 is 4.90 Å². The van der Waals surface area contributed by atoms with Crippen LogP contribution in [0.5, 0.6) is 0 Å². The molecule has 1 heteroatoms. The van der Waals surface area contributed by atoms with E-state index in [2.05, 4.69) is 39.5 Å². The topological polar surface area (TPSA) is 3.24 Å². The third-order valence-corrected chi connectivity index (χ3v) is 4.66. The van der Waals surface area contributed by atoms with Crippen molar-refractivity contribution >= 4 is 0 Å². The highest BCUT2D eigenvalue weighted by molar-refractivity contribution is 4.69. The average Bonchev–Trinajstić information content (AvgIpc) is 2.47. The highest BCUT2D eigenvalue weighted by Gasteiger charge is 2.16. The quantitative estimate of drug-likeness (QED) is 0.370. The van der Waals surface area contributed by atoms with Gasteiger partial charge in [0.2, 0.25) is 0 Å². The predicted octanol–water partition coefficient (Wildman–Crippen LogP) is 6.13. The molecule has 0 aromatic rings. The molecule has 122 valence electrons. The molecule has 2 atom stereocenters. The Morgan fingerprint density at radius 2 is 1.10 bits per heavy atom. The van der Waals surface area contributed by atoms with Crippen LogP contribution in [0.25, 0.3) is 0 Å². The van der Waals surface area contributed by atoms with Crippen LogP contribution in [0.3, 0.4) is 0 Å². The summed E-state index contributed by atoms with van der Waals surface area (Å²) in [5.41, 5.74) is 0. The van der Waals surface area contributed by atoms with Gasteiger partial charge in [0.05, 0.1) is 0 Å². The van der Waals surface area contributed by atoms with Gasteiger partial charge in [0, 0.05) is 13.1 Å². The van der Waals surface area contributed by atoms with Crippen LogP contribution in [0, 0.1) is 11.8 Å².